The minimum absolute atomic E-state index is 0.913. The number of anilines is 3. The van der Waals surface area contributed by atoms with Gasteiger partial charge < -0.3 is 9.32 Å². The van der Waals surface area contributed by atoms with E-state index in [9.17, 15) is 0 Å². The van der Waals surface area contributed by atoms with E-state index in [0.29, 0.717) is 0 Å². The van der Waals surface area contributed by atoms with Crippen LogP contribution in [-0.4, -0.2) is 0 Å². The SMILES string of the molecule is CCc1cc(-c2ccc3ccccc3c2)ccc1-c1ccc(N(c2ccc(-c3ccc4oc5ccccc5c4c3)cc2)c2cccc3ccccc23)cc1CC. The lowest BCUT2D eigenvalue weighted by Gasteiger charge is -2.28. The van der Waals surface area contributed by atoms with Crippen LogP contribution in [0.25, 0.3) is 76.9 Å². The van der Waals surface area contributed by atoms with Gasteiger partial charge in [-0.3, -0.25) is 0 Å². The number of aryl methyl sites for hydroxylation is 2. The molecule has 9 aromatic carbocycles. The minimum atomic E-state index is 0.913. The van der Waals surface area contributed by atoms with Gasteiger partial charge >= 0.3 is 0 Å². The summed E-state index contributed by atoms with van der Waals surface area (Å²) in [5.74, 6) is 0. The highest BCUT2D eigenvalue weighted by Crippen LogP contribution is 2.42. The molecule has 56 heavy (non-hydrogen) atoms. The summed E-state index contributed by atoms with van der Waals surface area (Å²) in [5.41, 5.74) is 15.4. The van der Waals surface area contributed by atoms with Gasteiger partial charge in [-0.25, -0.2) is 0 Å². The van der Waals surface area contributed by atoms with Gasteiger partial charge in [0.25, 0.3) is 0 Å². The zero-order chi connectivity index (χ0) is 37.6. The Morgan fingerprint density at radius 2 is 0.946 bits per heavy atom. The van der Waals surface area contributed by atoms with Crippen LogP contribution < -0.4 is 4.90 Å². The lowest BCUT2D eigenvalue weighted by molar-refractivity contribution is 0.669. The number of para-hydroxylation sites is 1. The minimum Gasteiger partial charge on any atom is -0.456 e. The molecule has 0 spiro atoms. The van der Waals surface area contributed by atoms with Gasteiger partial charge in [0.05, 0.1) is 5.69 Å². The van der Waals surface area contributed by atoms with Gasteiger partial charge in [-0.05, 0) is 128 Å². The first-order valence-electron chi connectivity index (χ1n) is 19.7. The fourth-order valence-corrected chi connectivity index (χ4v) is 8.51. The van der Waals surface area contributed by atoms with Gasteiger partial charge in [-0.15, -0.1) is 0 Å². The largest absolute Gasteiger partial charge is 0.456 e. The smallest absolute Gasteiger partial charge is 0.135 e. The Hall–Kier alpha value is -6.90. The highest BCUT2D eigenvalue weighted by molar-refractivity contribution is 6.06. The van der Waals surface area contributed by atoms with Crippen LogP contribution in [0.15, 0.2) is 192 Å². The molecule has 0 aliphatic carbocycles. The second-order valence-electron chi connectivity index (χ2n) is 14.7. The van der Waals surface area contributed by atoms with E-state index in [-0.39, 0.29) is 0 Å². The van der Waals surface area contributed by atoms with Gasteiger partial charge in [0.2, 0.25) is 0 Å². The molecule has 1 aromatic heterocycles. The molecular formula is C54H41NO. The fraction of sp³-hybridized carbons (Fsp3) is 0.0741. The summed E-state index contributed by atoms with van der Waals surface area (Å²) in [5, 5.41) is 7.26. The summed E-state index contributed by atoms with van der Waals surface area (Å²) in [6, 6.07) is 68.5. The number of nitrogens with zero attached hydrogens (tertiary/aromatic N) is 1. The third-order valence-electron chi connectivity index (χ3n) is 11.4. The zero-order valence-corrected chi connectivity index (χ0v) is 31.7. The number of hydrogen-bond acceptors (Lipinski definition) is 2. The van der Waals surface area contributed by atoms with E-state index in [1.807, 2.05) is 12.1 Å². The first-order chi connectivity index (χ1) is 27.6. The van der Waals surface area contributed by atoms with Crippen molar-refractivity contribution in [2.45, 2.75) is 26.7 Å². The van der Waals surface area contributed by atoms with Crippen LogP contribution in [0.2, 0.25) is 0 Å². The maximum atomic E-state index is 6.12. The Kier molecular flexibility index (Phi) is 8.45. The van der Waals surface area contributed by atoms with Crippen molar-refractivity contribution in [3.63, 3.8) is 0 Å². The molecule has 2 heteroatoms. The van der Waals surface area contributed by atoms with Gasteiger partial charge in [0, 0.05) is 27.5 Å². The molecule has 10 rings (SSSR count). The van der Waals surface area contributed by atoms with Crippen molar-refractivity contribution in [3.8, 4) is 33.4 Å². The summed E-state index contributed by atoms with van der Waals surface area (Å²) >= 11 is 0. The lowest BCUT2D eigenvalue weighted by atomic mass is 9.90. The fourth-order valence-electron chi connectivity index (χ4n) is 8.51. The summed E-state index contributed by atoms with van der Waals surface area (Å²) in [7, 11) is 0. The molecule has 0 bridgehead atoms. The third-order valence-corrected chi connectivity index (χ3v) is 11.4. The van der Waals surface area contributed by atoms with E-state index < -0.39 is 0 Å². The van der Waals surface area contributed by atoms with E-state index in [4.69, 9.17) is 4.42 Å². The van der Waals surface area contributed by atoms with Crippen LogP contribution in [0, 0.1) is 0 Å². The Morgan fingerprint density at radius 1 is 0.375 bits per heavy atom. The highest BCUT2D eigenvalue weighted by Gasteiger charge is 2.19. The molecule has 0 N–H and O–H groups in total. The zero-order valence-electron chi connectivity index (χ0n) is 31.7. The molecule has 0 amide bonds. The number of fused-ring (bicyclic) bond motifs is 5. The second-order valence-corrected chi connectivity index (χ2v) is 14.7. The molecule has 0 unspecified atom stereocenters. The molecule has 1 heterocycles. The van der Waals surface area contributed by atoms with Crippen molar-refractivity contribution in [1.29, 1.82) is 0 Å². The Labute approximate surface area is 327 Å². The van der Waals surface area contributed by atoms with Crippen LogP contribution in [-0.2, 0) is 12.8 Å². The van der Waals surface area contributed by atoms with Crippen LogP contribution in [0.3, 0.4) is 0 Å². The van der Waals surface area contributed by atoms with Gasteiger partial charge in [0.1, 0.15) is 11.2 Å². The first kappa shape index (κ1) is 33.7. The Balaban J connectivity index is 1.05. The first-order valence-corrected chi connectivity index (χ1v) is 19.7. The van der Waals surface area contributed by atoms with E-state index in [0.717, 1.165) is 51.8 Å². The highest BCUT2D eigenvalue weighted by atomic mass is 16.3. The quantitative estimate of drug-likeness (QED) is 0.155. The van der Waals surface area contributed by atoms with E-state index in [1.54, 1.807) is 0 Å². The summed E-state index contributed by atoms with van der Waals surface area (Å²) in [6.07, 6.45) is 1.88. The average molecular weight is 720 g/mol. The van der Waals surface area contributed by atoms with Crippen LogP contribution in [0.1, 0.15) is 25.0 Å². The molecule has 10 aromatic rings. The molecule has 0 saturated heterocycles. The molecule has 0 fully saturated rings. The average Bonchev–Trinajstić information content (AvgIpc) is 3.64. The topological polar surface area (TPSA) is 16.4 Å². The van der Waals surface area contributed by atoms with Crippen LogP contribution in [0.4, 0.5) is 17.1 Å². The molecule has 0 saturated carbocycles. The van der Waals surface area contributed by atoms with E-state index >= 15 is 0 Å². The molecule has 2 nitrogen and oxygen atoms in total. The van der Waals surface area contributed by atoms with Gasteiger partial charge in [0.15, 0.2) is 0 Å². The number of rotatable bonds is 8. The molecule has 268 valence electrons. The Bertz CT molecular complexity index is 3050. The van der Waals surface area contributed by atoms with Gasteiger partial charge in [-0.1, -0.05) is 147 Å². The van der Waals surface area contributed by atoms with E-state index in [2.05, 4.69) is 195 Å². The monoisotopic (exact) mass is 719 g/mol. The standard InChI is InChI=1S/C54H41NO/c1-3-36-32-43(42-21-20-38-12-5-6-14-41(38)33-42)24-29-47(36)48-30-28-46(34-37(48)4-2)55(52-18-11-15-40-13-7-8-16-49(40)52)45-26-22-39(23-27-45)44-25-31-54-51(35-44)50-17-9-10-19-53(50)56-54/h5-35H,3-4H2,1-2H3. The van der Waals surface area contributed by atoms with Crippen molar-refractivity contribution < 1.29 is 4.42 Å². The maximum absolute atomic E-state index is 6.12. The molecule has 0 aliphatic rings. The van der Waals surface area contributed by atoms with Crippen molar-refractivity contribution >= 4 is 60.5 Å². The third kappa shape index (κ3) is 5.91. The summed E-state index contributed by atoms with van der Waals surface area (Å²) in [6.45, 7) is 4.54. The van der Waals surface area contributed by atoms with Gasteiger partial charge in [-0.2, -0.15) is 0 Å². The van der Waals surface area contributed by atoms with Crippen molar-refractivity contribution in [3.05, 3.63) is 199 Å². The van der Waals surface area contributed by atoms with Crippen molar-refractivity contribution in [2.24, 2.45) is 0 Å². The molecule has 0 aliphatic heterocycles. The summed E-state index contributed by atoms with van der Waals surface area (Å²) in [4.78, 5) is 2.42. The number of benzene rings is 9. The van der Waals surface area contributed by atoms with Crippen LogP contribution in [0.5, 0.6) is 0 Å². The van der Waals surface area contributed by atoms with Crippen LogP contribution >= 0.6 is 0 Å². The molecule has 0 atom stereocenters. The summed E-state index contributed by atoms with van der Waals surface area (Å²) < 4.78 is 6.12. The van der Waals surface area contributed by atoms with Crippen molar-refractivity contribution in [1.82, 2.24) is 0 Å². The normalized spacial score (nSPS) is 11.5. The maximum Gasteiger partial charge on any atom is 0.135 e. The van der Waals surface area contributed by atoms with E-state index in [1.165, 1.54) is 66.1 Å². The van der Waals surface area contributed by atoms with Crippen molar-refractivity contribution in [2.75, 3.05) is 4.90 Å². The lowest BCUT2D eigenvalue weighted by Crippen LogP contribution is -2.11. The predicted octanol–water partition coefficient (Wildman–Crippen LogP) is 15.5. The molecular weight excluding hydrogens is 679 g/mol. The number of furan rings is 1. The predicted molar refractivity (Wildman–Crippen MR) is 238 cm³/mol. The number of hydrogen-bond donors (Lipinski definition) is 0. The Morgan fingerprint density at radius 3 is 1.77 bits per heavy atom. The molecule has 0 radical (unpaired) electrons. The second kappa shape index (κ2) is 14.1.